The van der Waals surface area contributed by atoms with Gasteiger partial charge in [0.1, 0.15) is 17.8 Å². The lowest BCUT2D eigenvalue weighted by Crippen LogP contribution is -2.44. The average Bonchev–Trinajstić information content (AvgIpc) is 3.39. The number of furan rings is 1. The quantitative estimate of drug-likeness (QED) is 0.720. The third-order valence-corrected chi connectivity index (χ3v) is 5.71. The van der Waals surface area contributed by atoms with E-state index in [-0.39, 0.29) is 18.5 Å². The molecule has 2 aliphatic rings. The zero-order valence-electron chi connectivity index (χ0n) is 16.5. The molecule has 8 heteroatoms. The molecule has 2 N–H and O–H groups in total. The van der Waals surface area contributed by atoms with Crippen molar-refractivity contribution in [3.05, 3.63) is 59.5 Å². The van der Waals surface area contributed by atoms with Gasteiger partial charge < -0.3 is 15.1 Å². The van der Waals surface area contributed by atoms with Crippen molar-refractivity contribution in [2.24, 2.45) is 0 Å². The number of hydrogen-bond acceptors (Lipinski definition) is 5. The highest BCUT2D eigenvalue weighted by atomic mass is 16.3. The molecular weight excluding hydrogens is 372 g/mol. The highest BCUT2D eigenvalue weighted by Gasteiger charge is 2.55. The monoisotopic (exact) mass is 396 g/mol. The largest absolute Gasteiger partial charge is 0.468 e. The lowest BCUT2D eigenvalue weighted by Gasteiger charge is -2.23. The first-order valence-corrected chi connectivity index (χ1v) is 9.61. The van der Waals surface area contributed by atoms with Crippen LogP contribution in [0, 0.1) is 0 Å². The molecule has 1 spiro atoms. The Kier molecular flexibility index (Phi) is 4.87. The standard InChI is InChI=1S/C21H24N4O4/c1-24(2)16(17-8-5-11-29-17)12-22-18(26)13-25-19(27)21(23-20(25)28)10-9-14-6-3-4-7-15(14)21/h3-8,11,16H,9-10,12-13H2,1-2H3,(H,22,26)(H,23,28)/t16-,21-/m0/s1. The van der Waals surface area contributed by atoms with E-state index in [9.17, 15) is 14.4 Å². The Morgan fingerprint density at radius 1 is 1.28 bits per heavy atom. The first-order valence-electron chi connectivity index (χ1n) is 9.61. The number of hydrogen-bond donors (Lipinski definition) is 2. The maximum absolute atomic E-state index is 13.1. The summed E-state index contributed by atoms with van der Waals surface area (Å²) in [6, 6.07) is 10.6. The Bertz CT molecular complexity index is 940. The van der Waals surface area contributed by atoms with E-state index in [1.54, 1.807) is 12.3 Å². The molecule has 1 fully saturated rings. The first kappa shape index (κ1) is 19.2. The molecule has 1 aliphatic carbocycles. The van der Waals surface area contributed by atoms with E-state index in [0.29, 0.717) is 13.0 Å². The molecule has 4 rings (SSSR count). The normalized spacial score (nSPS) is 21.6. The van der Waals surface area contributed by atoms with Crippen molar-refractivity contribution in [1.82, 2.24) is 20.4 Å². The second-order valence-electron chi connectivity index (χ2n) is 7.68. The van der Waals surface area contributed by atoms with Gasteiger partial charge in [-0.2, -0.15) is 0 Å². The number of rotatable bonds is 6. The van der Waals surface area contributed by atoms with Gasteiger partial charge in [-0.1, -0.05) is 24.3 Å². The minimum atomic E-state index is -1.05. The van der Waals surface area contributed by atoms with Crippen LogP contribution >= 0.6 is 0 Å². The molecule has 152 valence electrons. The third-order valence-electron chi connectivity index (χ3n) is 5.71. The Balaban J connectivity index is 1.43. The topological polar surface area (TPSA) is 94.9 Å². The van der Waals surface area contributed by atoms with Crippen LogP contribution in [0.25, 0.3) is 0 Å². The number of urea groups is 1. The second-order valence-corrected chi connectivity index (χ2v) is 7.68. The molecule has 29 heavy (non-hydrogen) atoms. The molecule has 1 aliphatic heterocycles. The summed E-state index contributed by atoms with van der Waals surface area (Å²) < 4.78 is 5.43. The predicted octanol–water partition coefficient (Wildman–Crippen LogP) is 1.39. The molecule has 8 nitrogen and oxygen atoms in total. The van der Waals surface area contributed by atoms with Gasteiger partial charge in [-0.3, -0.25) is 19.4 Å². The lowest BCUT2D eigenvalue weighted by atomic mass is 9.92. The number of nitrogens with one attached hydrogen (secondary N) is 2. The third kappa shape index (κ3) is 3.29. The smallest absolute Gasteiger partial charge is 0.325 e. The van der Waals surface area contributed by atoms with Crippen LogP contribution < -0.4 is 10.6 Å². The number of benzene rings is 1. The minimum absolute atomic E-state index is 0.148. The highest BCUT2D eigenvalue weighted by molar-refractivity contribution is 6.09. The van der Waals surface area contributed by atoms with E-state index in [2.05, 4.69) is 10.6 Å². The van der Waals surface area contributed by atoms with Gasteiger partial charge in [-0.05, 0) is 50.2 Å². The first-order chi connectivity index (χ1) is 13.9. The van der Waals surface area contributed by atoms with Crippen LogP contribution in [0.3, 0.4) is 0 Å². The van der Waals surface area contributed by atoms with Gasteiger partial charge in [0.15, 0.2) is 0 Å². The van der Waals surface area contributed by atoms with Crippen LogP contribution in [0.2, 0.25) is 0 Å². The van der Waals surface area contributed by atoms with E-state index in [1.165, 1.54) is 0 Å². The van der Waals surface area contributed by atoms with Gasteiger partial charge in [0.05, 0.1) is 12.3 Å². The van der Waals surface area contributed by atoms with Crippen LogP contribution in [-0.2, 0) is 21.5 Å². The number of amides is 4. The fourth-order valence-corrected chi connectivity index (χ4v) is 4.16. The van der Waals surface area contributed by atoms with Crippen LogP contribution in [0.4, 0.5) is 4.79 Å². The van der Waals surface area contributed by atoms with Gasteiger partial charge in [-0.15, -0.1) is 0 Å². The van der Waals surface area contributed by atoms with Crippen molar-refractivity contribution < 1.29 is 18.8 Å². The number of fused-ring (bicyclic) bond motifs is 2. The molecule has 2 heterocycles. The summed E-state index contributed by atoms with van der Waals surface area (Å²) in [5.74, 6) is -0.0279. The summed E-state index contributed by atoms with van der Waals surface area (Å²) in [6.07, 6.45) is 2.81. The van der Waals surface area contributed by atoms with E-state index >= 15 is 0 Å². The number of imide groups is 1. The molecular formula is C21H24N4O4. The lowest BCUT2D eigenvalue weighted by molar-refractivity contribution is -0.135. The average molecular weight is 396 g/mol. The molecule has 4 amide bonds. The summed E-state index contributed by atoms with van der Waals surface area (Å²) in [4.78, 5) is 41.1. The maximum atomic E-state index is 13.1. The van der Waals surface area contributed by atoms with Gasteiger partial charge in [-0.25, -0.2) is 4.79 Å². The molecule has 1 aromatic heterocycles. The van der Waals surface area contributed by atoms with Crippen molar-refractivity contribution in [1.29, 1.82) is 0 Å². The van der Waals surface area contributed by atoms with Gasteiger partial charge >= 0.3 is 6.03 Å². The van der Waals surface area contributed by atoms with Crippen molar-refractivity contribution in [3.63, 3.8) is 0 Å². The van der Waals surface area contributed by atoms with Crippen LogP contribution in [0.5, 0.6) is 0 Å². The number of carbonyl (C=O) groups is 3. The maximum Gasteiger partial charge on any atom is 0.325 e. The fraction of sp³-hybridized carbons (Fsp3) is 0.381. The van der Waals surface area contributed by atoms with E-state index in [4.69, 9.17) is 4.42 Å². The molecule has 0 saturated carbocycles. The highest BCUT2D eigenvalue weighted by Crippen LogP contribution is 2.41. The number of likely N-dealkylation sites (N-methyl/N-ethyl adjacent to an activating group) is 1. The Hall–Kier alpha value is -3.13. The van der Waals surface area contributed by atoms with Gasteiger partial charge in [0.2, 0.25) is 5.91 Å². The zero-order valence-corrected chi connectivity index (χ0v) is 16.5. The van der Waals surface area contributed by atoms with E-state index in [1.807, 2.05) is 49.3 Å². The van der Waals surface area contributed by atoms with Crippen molar-refractivity contribution in [2.45, 2.75) is 24.4 Å². The van der Waals surface area contributed by atoms with E-state index < -0.39 is 17.5 Å². The predicted molar refractivity (Wildman–Crippen MR) is 105 cm³/mol. The number of carbonyl (C=O) groups excluding carboxylic acids is 3. The SMILES string of the molecule is CN(C)[C@@H](CNC(=O)CN1C(=O)N[C@]2(CCc3ccccc32)C1=O)c1ccco1. The zero-order chi connectivity index (χ0) is 20.6. The second kappa shape index (κ2) is 7.36. The van der Waals surface area contributed by atoms with Crippen LogP contribution in [-0.4, -0.2) is 54.8 Å². The summed E-state index contributed by atoms with van der Waals surface area (Å²) in [5, 5.41) is 5.63. The Labute approximate surface area is 168 Å². The van der Waals surface area contributed by atoms with Crippen LogP contribution in [0.15, 0.2) is 47.1 Å². The molecule has 2 atom stereocenters. The molecule has 0 unspecified atom stereocenters. The fourth-order valence-electron chi connectivity index (χ4n) is 4.16. The summed E-state index contributed by atoms with van der Waals surface area (Å²) in [7, 11) is 3.77. The number of nitrogens with zero attached hydrogens (tertiary/aromatic N) is 2. The van der Waals surface area contributed by atoms with Crippen molar-refractivity contribution >= 4 is 17.8 Å². The Morgan fingerprint density at radius 2 is 2.07 bits per heavy atom. The van der Waals surface area contributed by atoms with Gasteiger partial charge in [0, 0.05) is 6.54 Å². The van der Waals surface area contributed by atoms with Crippen molar-refractivity contribution in [2.75, 3.05) is 27.2 Å². The molecule has 2 aromatic rings. The molecule has 1 aromatic carbocycles. The summed E-state index contributed by atoms with van der Waals surface area (Å²) in [6.45, 7) is -0.0101. The number of aryl methyl sites for hydroxylation is 1. The van der Waals surface area contributed by atoms with Gasteiger partial charge in [0.25, 0.3) is 5.91 Å². The molecule has 0 radical (unpaired) electrons. The Morgan fingerprint density at radius 3 is 2.79 bits per heavy atom. The van der Waals surface area contributed by atoms with E-state index in [0.717, 1.165) is 28.2 Å². The molecule has 1 saturated heterocycles. The minimum Gasteiger partial charge on any atom is -0.468 e. The summed E-state index contributed by atoms with van der Waals surface area (Å²) >= 11 is 0. The van der Waals surface area contributed by atoms with Crippen molar-refractivity contribution in [3.8, 4) is 0 Å². The molecule has 0 bridgehead atoms. The summed E-state index contributed by atoms with van der Waals surface area (Å²) in [5.41, 5.74) is 0.834. The van der Waals surface area contributed by atoms with Crippen LogP contribution in [0.1, 0.15) is 29.3 Å².